The molecule has 3 rings (SSSR count). The number of halogens is 4. The lowest BCUT2D eigenvalue weighted by atomic mass is 10.1. The van der Waals surface area contributed by atoms with Crippen LogP contribution >= 0.6 is 27.5 Å². The van der Waals surface area contributed by atoms with E-state index in [1.807, 2.05) is 0 Å². The van der Waals surface area contributed by atoms with Crippen molar-refractivity contribution in [3.8, 4) is 5.75 Å². The van der Waals surface area contributed by atoms with Crippen molar-refractivity contribution >= 4 is 33.4 Å². The summed E-state index contributed by atoms with van der Waals surface area (Å²) in [7, 11) is 0. The third-order valence-electron chi connectivity index (χ3n) is 2.85. The first-order chi connectivity index (χ1) is 9.95. The predicted octanol–water partition coefficient (Wildman–Crippen LogP) is 3.60. The number of aromatic nitrogens is 1. The zero-order valence-corrected chi connectivity index (χ0v) is 12.5. The molecule has 1 atom stereocenters. The van der Waals surface area contributed by atoms with Gasteiger partial charge in [-0.05, 0) is 18.2 Å². The summed E-state index contributed by atoms with van der Waals surface area (Å²) >= 11 is 8.61. The van der Waals surface area contributed by atoms with Crippen LogP contribution in [0.15, 0.2) is 28.7 Å². The van der Waals surface area contributed by atoms with E-state index in [0.717, 1.165) is 6.07 Å². The van der Waals surface area contributed by atoms with Gasteiger partial charge in [-0.15, -0.1) is 0 Å². The lowest BCUT2D eigenvalue weighted by Crippen LogP contribution is -2.37. The van der Waals surface area contributed by atoms with Crippen LogP contribution < -0.4 is 10.1 Å². The Morgan fingerprint density at radius 1 is 1.33 bits per heavy atom. The Morgan fingerprint density at radius 2 is 2.10 bits per heavy atom. The van der Waals surface area contributed by atoms with Crippen molar-refractivity contribution in [2.45, 2.75) is 6.23 Å². The molecule has 2 aromatic rings. The molecule has 1 amide bonds. The summed E-state index contributed by atoms with van der Waals surface area (Å²) < 4.78 is 33.0. The topological polar surface area (TPSA) is 51.2 Å². The van der Waals surface area contributed by atoms with E-state index in [9.17, 15) is 13.6 Å². The van der Waals surface area contributed by atoms with Crippen LogP contribution in [0.1, 0.15) is 22.3 Å². The van der Waals surface area contributed by atoms with Crippen LogP contribution in [0, 0.1) is 11.8 Å². The van der Waals surface area contributed by atoms with Crippen molar-refractivity contribution < 1.29 is 18.3 Å². The lowest BCUT2D eigenvalue weighted by molar-refractivity contribution is 0.0745. The van der Waals surface area contributed by atoms with E-state index in [1.165, 1.54) is 0 Å². The average molecular weight is 376 g/mol. The maximum absolute atomic E-state index is 13.5. The highest BCUT2D eigenvalue weighted by molar-refractivity contribution is 9.10. The Balaban J connectivity index is 2.00. The van der Waals surface area contributed by atoms with Crippen molar-refractivity contribution in [1.82, 2.24) is 10.3 Å². The van der Waals surface area contributed by atoms with Crippen molar-refractivity contribution in [1.29, 1.82) is 0 Å². The summed E-state index contributed by atoms with van der Waals surface area (Å²) in [6.45, 7) is 0. The lowest BCUT2D eigenvalue weighted by Gasteiger charge is -2.26. The minimum absolute atomic E-state index is 0.115. The maximum Gasteiger partial charge on any atom is 0.258 e. The number of benzene rings is 1. The Morgan fingerprint density at radius 3 is 2.81 bits per heavy atom. The number of amides is 1. The quantitative estimate of drug-likeness (QED) is 0.775. The Labute approximate surface area is 131 Å². The fraction of sp³-hybridized carbons (Fsp3) is 0.0769. The summed E-state index contributed by atoms with van der Waals surface area (Å²) in [6, 6.07) is 5.76. The second-order valence-electron chi connectivity index (χ2n) is 4.25. The molecule has 0 aliphatic carbocycles. The van der Waals surface area contributed by atoms with Crippen LogP contribution in [-0.2, 0) is 0 Å². The molecule has 1 unspecified atom stereocenters. The Hall–Kier alpha value is -1.73. The van der Waals surface area contributed by atoms with Crippen LogP contribution in [0.5, 0.6) is 5.75 Å². The number of pyridine rings is 1. The summed E-state index contributed by atoms with van der Waals surface area (Å²) in [6.07, 6.45) is -1.09. The molecule has 108 valence electrons. The first-order valence-electron chi connectivity index (χ1n) is 5.74. The number of nitrogens with zero attached hydrogens (tertiary/aromatic N) is 1. The zero-order chi connectivity index (χ0) is 15.1. The van der Waals surface area contributed by atoms with Crippen molar-refractivity contribution in [3.05, 3.63) is 56.8 Å². The van der Waals surface area contributed by atoms with Gasteiger partial charge in [-0.2, -0.15) is 4.39 Å². The van der Waals surface area contributed by atoms with E-state index in [-0.39, 0.29) is 5.69 Å². The van der Waals surface area contributed by atoms with Crippen molar-refractivity contribution in [2.75, 3.05) is 0 Å². The molecule has 0 radical (unpaired) electrons. The fourth-order valence-corrected chi connectivity index (χ4v) is 2.35. The van der Waals surface area contributed by atoms with Gasteiger partial charge in [-0.1, -0.05) is 27.5 Å². The number of rotatable bonds is 1. The van der Waals surface area contributed by atoms with Gasteiger partial charge in [0.25, 0.3) is 5.91 Å². The molecule has 0 saturated heterocycles. The van der Waals surface area contributed by atoms with Crippen LogP contribution in [0.3, 0.4) is 0 Å². The van der Waals surface area contributed by atoms with Gasteiger partial charge in [0.2, 0.25) is 12.2 Å². The van der Waals surface area contributed by atoms with Crippen LogP contribution in [-0.4, -0.2) is 10.9 Å². The Kier molecular flexibility index (Phi) is 3.54. The molecule has 2 heterocycles. The monoisotopic (exact) mass is 374 g/mol. The molecular weight excluding hydrogens is 370 g/mol. The first-order valence-corrected chi connectivity index (χ1v) is 6.91. The average Bonchev–Trinajstić information content (AvgIpc) is 2.44. The number of hydrogen-bond acceptors (Lipinski definition) is 3. The highest BCUT2D eigenvalue weighted by atomic mass is 79.9. The molecule has 8 heteroatoms. The summed E-state index contributed by atoms with van der Waals surface area (Å²) in [5.41, 5.74) is 0.201. The number of ether oxygens (including phenoxy) is 1. The van der Waals surface area contributed by atoms with Gasteiger partial charge in [-0.3, -0.25) is 4.79 Å². The van der Waals surface area contributed by atoms with E-state index in [4.69, 9.17) is 16.3 Å². The number of hydrogen-bond donors (Lipinski definition) is 1. The standard InChI is InChI=1S/C13H6BrClF2N2O2/c14-5-1-2-9-6(3-5)12(20)19-13(21-9)8-4-7(16)10(15)11(17)18-8/h1-4,13H,(H,19,20). The van der Waals surface area contributed by atoms with Crippen LogP contribution in [0.25, 0.3) is 0 Å². The molecule has 21 heavy (non-hydrogen) atoms. The zero-order valence-electron chi connectivity index (χ0n) is 10.2. The SMILES string of the molecule is O=C1NC(c2cc(F)c(Cl)c(F)n2)Oc2ccc(Br)cc21. The summed E-state index contributed by atoms with van der Waals surface area (Å²) in [5, 5.41) is 1.77. The van der Waals surface area contributed by atoms with Gasteiger partial charge in [0.1, 0.15) is 22.3 Å². The van der Waals surface area contributed by atoms with Crippen LogP contribution in [0.2, 0.25) is 5.02 Å². The Bertz CT molecular complexity index is 734. The molecule has 1 aliphatic heterocycles. The third-order valence-corrected chi connectivity index (χ3v) is 3.68. The highest BCUT2D eigenvalue weighted by Crippen LogP contribution is 2.31. The highest BCUT2D eigenvalue weighted by Gasteiger charge is 2.29. The molecule has 4 nitrogen and oxygen atoms in total. The molecule has 0 saturated carbocycles. The van der Waals surface area contributed by atoms with E-state index in [0.29, 0.717) is 15.8 Å². The second-order valence-corrected chi connectivity index (χ2v) is 5.54. The van der Waals surface area contributed by atoms with Gasteiger partial charge in [-0.25, -0.2) is 9.37 Å². The summed E-state index contributed by atoms with van der Waals surface area (Å²) in [4.78, 5) is 15.5. The number of fused-ring (bicyclic) bond motifs is 1. The van der Waals surface area contributed by atoms with Crippen molar-refractivity contribution in [3.63, 3.8) is 0 Å². The van der Waals surface area contributed by atoms with E-state index >= 15 is 0 Å². The molecule has 1 N–H and O–H groups in total. The molecule has 1 aromatic carbocycles. The third kappa shape index (κ3) is 2.58. The van der Waals surface area contributed by atoms with Gasteiger partial charge >= 0.3 is 0 Å². The van der Waals surface area contributed by atoms with E-state index in [1.54, 1.807) is 18.2 Å². The maximum atomic E-state index is 13.5. The number of carbonyl (C=O) groups is 1. The molecule has 0 fully saturated rings. The molecule has 0 spiro atoms. The number of nitrogens with one attached hydrogen (secondary N) is 1. The molecular formula is C13H6BrClF2N2O2. The van der Waals surface area contributed by atoms with Crippen LogP contribution in [0.4, 0.5) is 8.78 Å². The first kappa shape index (κ1) is 14.2. The van der Waals surface area contributed by atoms with Gasteiger partial charge in [0.05, 0.1) is 5.56 Å². The van der Waals surface area contributed by atoms with Gasteiger partial charge < -0.3 is 10.1 Å². The smallest absolute Gasteiger partial charge is 0.258 e. The summed E-state index contributed by atoms with van der Waals surface area (Å²) in [5.74, 6) is -2.27. The second kappa shape index (κ2) is 5.23. The van der Waals surface area contributed by atoms with Gasteiger partial charge in [0.15, 0.2) is 0 Å². The minimum Gasteiger partial charge on any atom is -0.464 e. The molecule has 1 aromatic heterocycles. The van der Waals surface area contributed by atoms with Gasteiger partial charge in [0, 0.05) is 10.5 Å². The molecule has 0 bridgehead atoms. The van der Waals surface area contributed by atoms with Crippen molar-refractivity contribution in [2.24, 2.45) is 0 Å². The van der Waals surface area contributed by atoms with E-state index < -0.39 is 28.9 Å². The largest absolute Gasteiger partial charge is 0.464 e. The fourth-order valence-electron chi connectivity index (χ4n) is 1.89. The number of carbonyl (C=O) groups excluding carboxylic acids is 1. The normalized spacial score (nSPS) is 17.0. The minimum atomic E-state index is -1.16. The van der Waals surface area contributed by atoms with E-state index in [2.05, 4.69) is 26.2 Å². The molecule has 1 aliphatic rings. The predicted molar refractivity (Wildman–Crippen MR) is 74.1 cm³/mol.